The van der Waals surface area contributed by atoms with Gasteiger partial charge in [-0.2, -0.15) is 0 Å². The van der Waals surface area contributed by atoms with E-state index in [4.69, 9.17) is 10.4 Å². The summed E-state index contributed by atoms with van der Waals surface area (Å²) in [6.45, 7) is 0.485. The number of anilines is 1. The molecule has 4 aromatic rings. The molecule has 1 aliphatic heterocycles. The average molecular weight is 492 g/mol. The molecular weight excluding hydrogens is 462 g/mol. The largest absolute Gasteiger partial charge is 0.367 e. The van der Waals surface area contributed by atoms with Gasteiger partial charge in [0.1, 0.15) is 16.5 Å². The molecule has 3 N–H and O–H groups in total. The van der Waals surface area contributed by atoms with Crippen LogP contribution in [0.25, 0.3) is 17.1 Å². The van der Waals surface area contributed by atoms with E-state index in [0.717, 1.165) is 41.8 Å². The molecule has 37 heavy (non-hydrogen) atoms. The molecule has 2 aliphatic rings. The molecule has 1 fully saturated rings. The Balaban J connectivity index is 1.41. The highest BCUT2D eigenvalue weighted by molar-refractivity contribution is 5.63. The van der Waals surface area contributed by atoms with Gasteiger partial charge in [0.25, 0.3) is 5.56 Å². The normalized spacial score (nSPS) is 18.5. The molecule has 1 aliphatic carbocycles. The summed E-state index contributed by atoms with van der Waals surface area (Å²) in [4.78, 5) is 22.8. The van der Waals surface area contributed by atoms with Gasteiger partial charge in [0, 0.05) is 31.0 Å². The van der Waals surface area contributed by atoms with Crippen molar-refractivity contribution in [2.75, 3.05) is 5.32 Å². The van der Waals surface area contributed by atoms with E-state index in [1.165, 1.54) is 0 Å². The van der Waals surface area contributed by atoms with Crippen LogP contribution in [0.3, 0.4) is 0 Å². The van der Waals surface area contributed by atoms with Crippen LogP contribution in [0.15, 0.2) is 88.8 Å². The summed E-state index contributed by atoms with van der Waals surface area (Å²) in [5, 5.41) is 16.2. The van der Waals surface area contributed by atoms with E-state index in [-0.39, 0.29) is 23.1 Å². The van der Waals surface area contributed by atoms with Gasteiger partial charge in [0.05, 0.1) is 17.8 Å². The van der Waals surface area contributed by atoms with Crippen LogP contribution in [0.2, 0.25) is 0 Å². The molecule has 0 bridgehead atoms. The molecule has 186 valence electrons. The molecule has 0 amide bonds. The van der Waals surface area contributed by atoms with Crippen LogP contribution >= 0.6 is 0 Å². The Kier molecular flexibility index (Phi) is 5.92. The fraction of sp³-hybridized carbons (Fsp3) is 0.241. The lowest BCUT2D eigenvalue weighted by Gasteiger charge is -2.17. The number of pyridine rings is 1. The van der Waals surface area contributed by atoms with Crippen LogP contribution in [0.4, 0.5) is 5.69 Å². The summed E-state index contributed by atoms with van der Waals surface area (Å²) >= 11 is 0. The van der Waals surface area contributed by atoms with E-state index in [9.17, 15) is 4.79 Å². The second kappa shape index (κ2) is 9.54. The monoisotopic (exact) mass is 491 g/mol. The predicted octanol–water partition coefficient (Wildman–Crippen LogP) is 2.42. The zero-order valence-electron chi connectivity index (χ0n) is 20.7. The maximum Gasteiger partial charge on any atom is 0.267 e. The first-order chi connectivity index (χ1) is 18.1. The zero-order chi connectivity index (χ0) is 25.4. The van der Waals surface area contributed by atoms with Crippen LogP contribution < -0.4 is 32.5 Å². The fourth-order valence-electron chi connectivity index (χ4n) is 5.33. The third kappa shape index (κ3) is 4.24. The summed E-state index contributed by atoms with van der Waals surface area (Å²) in [6, 6.07) is 24.1. The Morgan fingerprint density at radius 1 is 1.03 bits per heavy atom. The van der Waals surface area contributed by atoms with Crippen molar-refractivity contribution in [1.82, 2.24) is 19.4 Å². The Morgan fingerprint density at radius 2 is 1.81 bits per heavy atom. The first kappa shape index (κ1) is 23.0. The minimum Gasteiger partial charge on any atom is -0.367 e. The Bertz CT molecular complexity index is 1670. The number of para-hydroxylation sites is 1. The summed E-state index contributed by atoms with van der Waals surface area (Å²) in [6.07, 6.45) is 4.86. The lowest BCUT2D eigenvalue weighted by molar-refractivity contribution is 0.465. The van der Waals surface area contributed by atoms with Gasteiger partial charge in [0.15, 0.2) is 0 Å². The van der Waals surface area contributed by atoms with E-state index in [1.54, 1.807) is 17.8 Å². The quantitative estimate of drug-likeness (QED) is 0.386. The second-order valence-electron chi connectivity index (χ2n) is 9.58. The SMILES string of the molecule is Cn1c(=O)/c(=C(/NCc2ccc(-c3ccccn3)cc2)Nc2ccccc2)c(=N)n2c1=N[C@@H]1CCC[C@@H]12. The number of benzene rings is 2. The molecule has 2 aromatic heterocycles. The van der Waals surface area contributed by atoms with Crippen LogP contribution in [-0.4, -0.2) is 20.2 Å². The van der Waals surface area contributed by atoms with Gasteiger partial charge in [-0.15, -0.1) is 0 Å². The Labute approximate surface area is 214 Å². The molecule has 0 unspecified atom stereocenters. The van der Waals surface area contributed by atoms with Crippen molar-refractivity contribution in [3.8, 4) is 11.3 Å². The average Bonchev–Trinajstić information content (AvgIpc) is 3.54. The number of hydrogen-bond acceptors (Lipinski definition) is 6. The Morgan fingerprint density at radius 3 is 2.57 bits per heavy atom. The van der Waals surface area contributed by atoms with Crippen molar-refractivity contribution >= 4 is 11.5 Å². The first-order valence-electron chi connectivity index (χ1n) is 12.6. The lowest BCUT2D eigenvalue weighted by atomic mass is 10.1. The van der Waals surface area contributed by atoms with Crippen LogP contribution in [0, 0.1) is 5.41 Å². The first-order valence-corrected chi connectivity index (χ1v) is 12.6. The molecule has 0 saturated heterocycles. The van der Waals surface area contributed by atoms with Crippen molar-refractivity contribution in [3.63, 3.8) is 0 Å². The highest BCUT2D eigenvalue weighted by Crippen LogP contribution is 2.32. The maximum absolute atomic E-state index is 13.6. The summed E-state index contributed by atoms with van der Waals surface area (Å²) in [5.41, 5.74) is 4.42. The van der Waals surface area contributed by atoms with Gasteiger partial charge in [-0.3, -0.25) is 24.3 Å². The summed E-state index contributed by atoms with van der Waals surface area (Å²) < 4.78 is 3.53. The van der Waals surface area contributed by atoms with Crippen molar-refractivity contribution in [3.05, 3.63) is 111 Å². The summed E-state index contributed by atoms with van der Waals surface area (Å²) in [7, 11) is 1.75. The van der Waals surface area contributed by atoms with Crippen molar-refractivity contribution in [1.29, 1.82) is 5.41 Å². The predicted molar refractivity (Wildman–Crippen MR) is 143 cm³/mol. The van der Waals surface area contributed by atoms with Gasteiger partial charge in [-0.25, -0.2) is 4.99 Å². The minimum atomic E-state index is -0.239. The van der Waals surface area contributed by atoms with E-state index < -0.39 is 0 Å². The van der Waals surface area contributed by atoms with Gasteiger partial charge in [-0.05, 0) is 49.1 Å². The third-order valence-corrected chi connectivity index (χ3v) is 7.25. The van der Waals surface area contributed by atoms with Crippen molar-refractivity contribution in [2.24, 2.45) is 12.0 Å². The highest BCUT2D eigenvalue weighted by atomic mass is 16.1. The molecule has 0 radical (unpaired) electrons. The lowest BCUT2D eigenvalue weighted by Crippen LogP contribution is -2.59. The van der Waals surface area contributed by atoms with E-state index >= 15 is 0 Å². The van der Waals surface area contributed by atoms with E-state index in [2.05, 4.69) is 27.8 Å². The number of aromatic nitrogens is 3. The molecule has 2 atom stereocenters. The standard InChI is InChI=1S/C29H29N7O/c1-35-28(37)25(26(30)36-24-12-7-11-23(24)34-29(35)36)27(33-21-8-3-2-4-9-21)32-18-19-13-15-20(16-14-19)22-10-5-6-17-31-22/h2-6,8-10,13-17,23-24,30,32-33H,7,11-12,18H2,1H3/b27-25-,30-26?/t23-,24+/m1/s1. The van der Waals surface area contributed by atoms with Gasteiger partial charge in [-0.1, -0.05) is 48.5 Å². The molecule has 8 nitrogen and oxygen atoms in total. The number of nitrogens with one attached hydrogen (secondary N) is 3. The molecule has 1 saturated carbocycles. The number of rotatable bonds is 6. The van der Waals surface area contributed by atoms with E-state index in [1.807, 2.05) is 65.2 Å². The Hall–Kier alpha value is -4.46. The topological polar surface area (TPSA) is 100 Å². The molecular formula is C29H29N7O. The maximum atomic E-state index is 13.6. The van der Waals surface area contributed by atoms with Crippen molar-refractivity contribution in [2.45, 2.75) is 37.9 Å². The number of nitrogens with zero attached hydrogens (tertiary/aromatic N) is 4. The smallest absolute Gasteiger partial charge is 0.267 e. The summed E-state index contributed by atoms with van der Waals surface area (Å²) in [5.74, 6) is 0.516. The van der Waals surface area contributed by atoms with Crippen LogP contribution in [-0.2, 0) is 13.6 Å². The molecule has 0 spiro atoms. The minimum absolute atomic E-state index is 0.144. The van der Waals surface area contributed by atoms with Crippen LogP contribution in [0.5, 0.6) is 0 Å². The fourth-order valence-corrected chi connectivity index (χ4v) is 5.33. The molecule has 6 rings (SSSR count). The molecule has 3 heterocycles. The highest BCUT2D eigenvalue weighted by Gasteiger charge is 2.34. The second-order valence-corrected chi connectivity index (χ2v) is 9.58. The van der Waals surface area contributed by atoms with Gasteiger partial charge < -0.3 is 10.6 Å². The van der Waals surface area contributed by atoms with E-state index in [0.29, 0.717) is 23.2 Å². The van der Waals surface area contributed by atoms with Crippen LogP contribution in [0.1, 0.15) is 30.9 Å². The molecule has 2 aromatic carbocycles. The zero-order valence-corrected chi connectivity index (χ0v) is 20.7. The number of fused-ring (bicyclic) bond motifs is 3. The van der Waals surface area contributed by atoms with Gasteiger partial charge >= 0.3 is 0 Å². The molecule has 8 heteroatoms. The van der Waals surface area contributed by atoms with Crippen molar-refractivity contribution < 1.29 is 0 Å². The number of hydrogen-bond donors (Lipinski definition) is 3. The van der Waals surface area contributed by atoms with Gasteiger partial charge in [0.2, 0.25) is 5.62 Å². The third-order valence-electron chi connectivity index (χ3n) is 7.25.